The normalized spacial score (nSPS) is 20.3. The molecule has 1 aliphatic heterocycles. The van der Waals surface area contributed by atoms with E-state index in [1.807, 2.05) is 0 Å². The predicted octanol–water partition coefficient (Wildman–Crippen LogP) is 3.91. The number of hydrogen-bond acceptors (Lipinski definition) is 4. The zero-order valence-corrected chi connectivity index (χ0v) is 15.2. The first kappa shape index (κ1) is 18.6. The number of benzene rings is 1. The van der Waals surface area contributed by atoms with E-state index in [-0.39, 0.29) is 17.3 Å². The predicted molar refractivity (Wildman–Crippen MR) is 101 cm³/mol. The Morgan fingerprint density at radius 2 is 1.81 bits per heavy atom. The van der Waals surface area contributed by atoms with Gasteiger partial charge < -0.3 is 10.6 Å². The highest BCUT2D eigenvalue weighted by Crippen LogP contribution is 2.35. The summed E-state index contributed by atoms with van der Waals surface area (Å²) in [6, 6.07) is 5.72. The topological polar surface area (TPSA) is 87.5 Å². The molecule has 1 saturated heterocycles. The number of likely N-dealkylation sites (tertiary alicyclic amines) is 1. The van der Waals surface area contributed by atoms with Gasteiger partial charge in [0.15, 0.2) is 0 Å². The second-order valence-electron chi connectivity index (χ2n) is 7.45. The third-order valence-corrected chi connectivity index (χ3v) is 5.70. The molecule has 1 saturated carbocycles. The molecule has 142 valence electrons. The number of urea groups is 1. The van der Waals surface area contributed by atoms with Gasteiger partial charge in [0.25, 0.3) is 5.69 Å². The smallest absolute Gasteiger partial charge is 0.319 e. The van der Waals surface area contributed by atoms with E-state index in [0.717, 1.165) is 25.9 Å². The minimum Gasteiger partial charge on any atom is -0.336 e. The average molecular weight is 360 g/mol. The van der Waals surface area contributed by atoms with Gasteiger partial charge in [0.05, 0.1) is 4.92 Å². The van der Waals surface area contributed by atoms with Crippen LogP contribution in [0, 0.1) is 10.1 Å². The van der Waals surface area contributed by atoms with Crippen LogP contribution in [-0.2, 0) is 0 Å². The van der Waals surface area contributed by atoms with Crippen molar-refractivity contribution >= 4 is 17.4 Å². The van der Waals surface area contributed by atoms with Crippen LogP contribution in [0.1, 0.15) is 51.4 Å². The van der Waals surface area contributed by atoms with E-state index < -0.39 is 4.92 Å². The van der Waals surface area contributed by atoms with Crippen LogP contribution in [0.4, 0.5) is 16.2 Å². The molecule has 0 aromatic heterocycles. The summed E-state index contributed by atoms with van der Waals surface area (Å²) in [6.07, 6.45) is 9.73. The molecule has 2 fully saturated rings. The molecule has 26 heavy (non-hydrogen) atoms. The molecule has 7 heteroatoms. The van der Waals surface area contributed by atoms with Gasteiger partial charge in [0, 0.05) is 29.9 Å². The molecule has 1 aliphatic carbocycles. The summed E-state index contributed by atoms with van der Waals surface area (Å²) in [5, 5.41) is 16.6. The van der Waals surface area contributed by atoms with E-state index in [4.69, 9.17) is 0 Å². The highest BCUT2D eigenvalue weighted by Gasteiger charge is 2.38. The van der Waals surface area contributed by atoms with Crippen molar-refractivity contribution in [3.8, 4) is 0 Å². The molecular formula is C19H28N4O3. The van der Waals surface area contributed by atoms with Gasteiger partial charge >= 0.3 is 6.03 Å². The molecule has 1 aromatic carbocycles. The Bertz CT molecular complexity index is 637. The molecule has 2 N–H and O–H groups in total. The summed E-state index contributed by atoms with van der Waals surface area (Å²) in [6.45, 7) is 2.87. The second-order valence-corrected chi connectivity index (χ2v) is 7.45. The molecular weight excluding hydrogens is 332 g/mol. The summed E-state index contributed by atoms with van der Waals surface area (Å²) < 4.78 is 0. The lowest BCUT2D eigenvalue weighted by molar-refractivity contribution is -0.384. The van der Waals surface area contributed by atoms with Crippen LogP contribution in [0.2, 0.25) is 0 Å². The van der Waals surface area contributed by atoms with Crippen LogP contribution >= 0.6 is 0 Å². The summed E-state index contributed by atoms with van der Waals surface area (Å²) in [5.74, 6) is 0. The molecule has 0 spiro atoms. The molecule has 3 rings (SSSR count). The van der Waals surface area contributed by atoms with E-state index in [9.17, 15) is 14.9 Å². The molecule has 1 aromatic rings. The quantitative estimate of drug-likeness (QED) is 0.616. The first-order valence-electron chi connectivity index (χ1n) is 9.63. The lowest BCUT2D eigenvalue weighted by atomic mass is 9.79. The van der Waals surface area contributed by atoms with Gasteiger partial charge in [-0.1, -0.05) is 31.7 Å². The van der Waals surface area contributed by atoms with Crippen molar-refractivity contribution in [2.24, 2.45) is 0 Å². The van der Waals surface area contributed by atoms with Crippen LogP contribution < -0.4 is 10.6 Å². The van der Waals surface area contributed by atoms with Gasteiger partial charge in [-0.2, -0.15) is 0 Å². The van der Waals surface area contributed by atoms with Gasteiger partial charge in [-0.3, -0.25) is 15.0 Å². The van der Waals surface area contributed by atoms with Crippen molar-refractivity contribution in [2.45, 2.75) is 56.9 Å². The molecule has 0 unspecified atom stereocenters. The van der Waals surface area contributed by atoms with Crippen LogP contribution in [0.3, 0.4) is 0 Å². The fourth-order valence-corrected chi connectivity index (χ4v) is 4.30. The first-order chi connectivity index (χ1) is 12.6. The number of nitro benzene ring substituents is 1. The number of nitrogens with one attached hydrogen (secondary N) is 2. The van der Waals surface area contributed by atoms with Gasteiger partial charge in [0.1, 0.15) is 0 Å². The summed E-state index contributed by atoms with van der Waals surface area (Å²) in [4.78, 5) is 25.3. The molecule has 0 bridgehead atoms. The molecule has 0 radical (unpaired) electrons. The molecule has 2 aliphatic rings. The third kappa shape index (κ3) is 4.52. The zero-order chi connectivity index (χ0) is 18.4. The van der Waals surface area contributed by atoms with E-state index in [2.05, 4.69) is 15.5 Å². The van der Waals surface area contributed by atoms with Gasteiger partial charge in [-0.05, 0) is 44.8 Å². The van der Waals surface area contributed by atoms with Crippen LogP contribution in [0.15, 0.2) is 24.3 Å². The van der Waals surface area contributed by atoms with Crippen LogP contribution in [0.25, 0.3) is 0 Å². The number of anilines is 1. The van der Waals surface area contributed by atoms with Crippen molar-refractivity contribution in [1.82, 2.24) is 10.2 Å². The lowest BCUT2D eigenvalue weighted by Gasteiger charge is -2.48. The Kier molecular flexibility index (Phi) is 6.08. The number of amides is 2. The standard InChI is InChI=1S/C19H28N4O3/c24-18(21-16-8-7-9-17(14-16)23(25)26)20-15-19(10-3-1-4-11-19)22-12-5-2-6-13-22/h7-9,14H,1-6,10-13,15H2,(H2,20,21,24). The van der Waals surface area contributed by atoms with E-state index >= 15 is 0 Å². The number of piperidine rings is 1. The molecule has 7 nitrogen and oxygen atoms in total. The Morgan fingerprint density at radius 3 is 2.50 bits per heavy atom. The van der Waals surface area contributed by atoms with Crippen molar-refractivity contribution in [1.29, 1.82) is 0 Å². The van der Waals surface area contributed by atoms with Crippen molar-refractivity contribution in [2.75, 3.05) is 25.0 Å². The minimum atomic E-state index is -0.462. The number of rotatable bonds is 5. The highest BCUT2D eigenvalue weighted by atomic mass is 16.6. The maximum Gasteiger partial charge on any atom is 0.319 e. The summed E-state index contributed by atoms with van der Waals surface area (Å²) in [5.41, 5.74) is 0.478. The van der Waals surface area contributed by atoms with Gasteiger partial charge in [0.2, 0.25) is 0 Å². The van der Waals surface area contributed by atoms with Gasteiger partial charge in [-0.15, -0.1) is 0 Å². The second kappa shape index (κ2) is 8.49. The van der Waals surface area contributed by atoms with Gasteiger partial charge in [-0.25, -0.2) is 4.79 Å². The minimum absolute atomic E-state index is 0.0279. The average Bonchev–Trinajstić information content (AvgIpc) is 2.68. The fourth-order valence-electron chi connectivity index (χ4n) is 4.30. The Morgan fingerprint density at radius 1 is 1.12 bits per heavy atom. The number of nitrogens with zero attached hydrogens (tertiary/aromatic N) is 2. The number of carbonyl (C=O) groups excluding carboxylic acids is 1. The number of hydrogen-bond donors (Lipinski definition) is 2. The van der Waals surface area contributed by atoms with Crippen LogP contribution in [-0.4, -0.2) is 41.0 Å². The Balaban J connectivity index is 1.60. The third-order valence-electron chi connectivity index (χ3n) is 5.70. The van der Waals surface area contributed by atoms with E-state index in [0.29, 0.717) is 12.2 Å². The van der Waals surface area contributed by atoms with Crippen molar-refractivity contribution in [3.63, 3.8) is 0 Å². The summed E-state index contributed by atoms with van der Waals surface area (Å²) >= 11 is 0. The SMILES string of the molecule is O=C(NCC1(N2CCCCC2)CCCCC1)Nc1cccc([N+](=O)[O-])c1. The number of carbonyl (C=O) groups is 1. The largest absolute Gasteiger partial charge is 0.336 e. The van der Waals surface area contributed by atoms with Crippen molar-refractivity contribution in [3.05, 3.63) is 34.4 Å². The zero-order valence-electron chi connectivity index (χ0n) is 15.2. The molecule has 0 atom stereocenters. The lowest BCUT2D eigenvalue weighted by Crippen LogP contribution is -2.58. The Labute approximate surface area is 154 Å². The van der Waals surface area contributed by atoms with Crippen LogP contribution in [0.5, 0.6) is 0 Å². The van der Waals surface area contributed by atoms with E-state index in [1.54, 1.807) is 12.1 Å². The monoisotopic (exact) mass is 360 g/mol. The molecule has 1 heterocycles. The number of non-ortho nitro benzene ring substituents is 1. The number of nitro groups is 1. The van der Waals surface area contributed by atoms with Crippen molar-refractivity contribution < 1.29 is 9.72 Å². The highest BCUT2D eigenvalue weighted by molar-refractivity contribution is 5.89. The van der Waals surface area contributed by atoms with E-state index in [1.165, 1.54) is 50.7 Å². The first-order valence-corrected chi connectivity index (χ1v) is 9.63. The summed E-state index contributed by atoms with van der Waals surface area (Å²) in [7, 11) is 0. The molecule has 2 amide bonds. The maximum atomic E-state index is 12.4. The maximum absolute atomic E-state index is 12.4. The Hall–Kier alpha value is -2.15. The fraction of sp³-hybridized carbons (Fsp3) is 0.632.